The lowest BCUT2D eigenvalue weighted by Gasteiger charge is -2.43. The van der Waals surface area contributed by atoms with Crippen LogP contribution < -0.4 is 10.6 Å². The quantitative estimate of drug-likeness (QED) is 0.896. The van der Waals surface area contributed by atoms with Crippen molar-refractivity contribution in [2.75, 3.05) is 5.32 Å². The Bertz CT molecular complexity index is 579. The van der Waals surface area contributed by atoms with E-state index in [1.165, 1.54) is 5.56 Å². The number of nitrogens with one attached hydrogen (secondary N) is 2. The molecule has 1 aromatic carbocycles. The number of carbonyl (C=O) groups excluding carboxylic acids is 1. The maximum Gasteiger partial charge on any atom is 0.321 e. The lowest BCUT2D eigenvalue weighted by molar-refractivity contribution is 0.185. The van der Waals surface area contributed by atoms with Crippen LogP contribution in [0.5, 0.6) is 0 Å². The number of anilines is 1. The number of nitrogens with zero attached hydrogens (tertiary/aromatic N) is 1. The maximum absolute atomic E-state index is 12.1. The van der Waals surface area contributed by atoms with Crippen LogP contribution in [0.4, 0.5) is 10.6 Å². The van der Waals surface area contributed by atoms with Crippen LogP contribution in [0.3, 0.4) is 0 Å². The molecule has 1 aromatic heterocycles. The SMILES string of the molecule is O=C(Nc1ccccn1)NC1(c2ccccc2)CCC1. The highest BCUT2D eigenvalue weighted by Crippen LogP contribution is 2.41. The van der Waals surface area contributed by atoms with Crippen molar-refractivity contribution in [1.29, 1.82) is 0 Å². The van der Waals surface area contributed by atoms with Crippen molar-refractivity contribution in [2.45, 2.75) is 24.8 Å². The van der Waals surface area contributed by atoms with E-state index in [1.54, 1.807) is 12.3 Å². The van der Waals surface area contributed by atoms with Crippen LogP contribution in [0.15, 0.2) is 54.7 Å². The van der Waals surface area contributed by atoms with Crippen LogP contribution >= 0.6 is 0 Å². The van der Waals surface area contributed by atoms with Crippen LogP contribution in [-0.4, -0.2) is 11.0 Å². The molecule has 1 fully saturated rings. The molecule has 4 nitrogen and oxygen atoms in total. The van der Waals surface area contributed by atoms with Crippen LogP contribution in [0, 0.1) is 0 Å². The van der Waals surface area contributed by atoms with Gasteiger partial charge in [-0.1, -0.05) is 36.4 Å². The van der Waals surface area contributed by atoms with Crippen molar-refractivity contribution in [3.8, 4) is 0 Å². The van der Waals surface area contributed by atoms with Gasteiger partial charge in [-0.25, -0.2) is 9.78 Å². The molecule has 1 saturated carbocycles. The number of urea groups is 1. The average Bonchev–Trinajstić information content (AvgIpc) is 2.45. The predicted octanol–water partition coefficient (Wildman–Crippen LogP) is 3.28. The van der Waals surface area contributed by atoms with E-state index in [0.717, 1.165) is 19.3 Å². The van der Waals surface area contributed by atoms with Crippen molar-refractivity contribution in [1.82, 2.24) is 10.3 Å². The van der Waals surface area contributed by atoms with E-state index in [2.05, 4.69) is 27.8 Å². The molecule has 0 unspecified atom stereocenters. The highest BCUT2D eigenvalue weighted by atomic mass is 16.2. The second kappa shape index (κ2) is 5.33. The molecule has 2 aromatic rings. The second-order valence-corrected chi connectivity index (χ2v) is 5.10. The van der Waals surface area contributed by atoms with Gasteiger partial charge in [0, 0.05) is 6.20 Å². The molecule has 0 radical (unpaired) electrons. The minimum atomic E-state index is -0.222. The summed E-state index contributed by atoms with van der Waals surface area (Å²) in [5.41, 5.74) is 0.947. The number of hydrogen-bond acceptors (Lipinski definition) is 2. The highest BCUT2D eigenvalue weighted by molar-refractivity contribution is 5.88. The number of benzene rings is 1. The molecule has 20 heavy (non-hydrogen) atoms. The molecule has 3 rings (SSSR count). The van der Waals surface area contributed by atoms with E-state index in [0.29, 0.717) is 5.82 Å². The Morgan fingerprint density at radius 3 is 2.40 bits per heavy atom. The zero-order valence-corrected chi connectivity index (χ0v) is 11.2. The van der Waals surface area contributed by atoms with Gasteiger partial charge in [-0.15, -0.1) is 0 Å². The van der Waals surface area contributed by atoms with Gasteiger partial charge in [0.05, 0.1) is 5.54 Å². The Labute approximate surface area is 118 Å². The van der Waals surface area contributed by atoms with E-state index in [-0.39, 0.29) is 11.6 Å². The second-order valence-electron chi connectivity index (χ2n) is 5.10. The Morgan fingerprint density at radius 2 is 1.80 bits per heavy atom. The minimum absolute atomic E-state index is 0.202. The van der Waals surface area contributed by atoms with Crippen LogP contribution in [0.2, 0.25) is 0 Å². The molecule has 0 atom stereocenters. The summed E-state index contributed by atoms with van der Waals surface area (Å²) >= 11 is 0. The van der Waals surface area contributed by atoms with Gasteiger partial charge in [0.25, 0.3) is 0 Å². The Kier molecular flexibility index (Phi) is 3.37. The summed E-state index contributed by atoms with van der Waals surface area (Å²) in [6.07, 6.45) is 4.75. The smallest absolute Gasteiger partial charge is 0.321 e. The molecule has 0 aliphatic heterocycles. The first-order chi connectivity index (χ1) is 9.78. The number of hydrogen-bond donors (Lipinski definition) is 2. The molecule has 0 spiro atoms. The zero-order valence-electron chi connectivity index (χ0n) is 11.2. The van der Waals surface area contributed by atoms with Gasteiger partial charge in [-0.2, -0.15) is 0 Å². The van der Waals surface area contributed by atoms with Crippen molar-refractivity contribution in [3.05, 3.63) is 60.3 Å². The summed E-state index contributed by atoms with van der Waals surface area (Å²) < 4.78 is 0. The standard InChI is InChI=1S/C16H17N3O/c20-15(18-14-9-4-5-12-17-14)19-16(10-6-11-16)13-7-2-1-3-8-13/h1-5,7-9,12H,6,10-11H2,(H2,17,18,19,20). The summed E-state index contributed by atoms with van der Waals surface area (Å²) in [6.45, 7) is 0. The molecular weight excluding hydrogens is 250 g/mol. The topological polar surface area (TPSA) is 54.0 Å². The molecule has 2 amide bonds. The fraction of sp³-hybridized carbons (Fsp3) is 0.250. The van der Waals surface area contributed by atoms with E-state index >= 15 is 0 Å². The normalized spacial score (nSPS) is 16.0. The molecule has 102 valence electrons. The van der Waals surface area contributed by atoms with Gasteiger partial charge in [0.2, 0.25) is 0 Å². The molecule has 1 aliphatic carbocycles. The van der Waals surface area contributed by atoms with Gasteiger partial charge in [-0.3, -0.25) is 5.32 Å². The number of amides is 2. The van der Waals surface area contributed by atoms with Crippen molar-refractivity contribution >= 4 is 11.8 Å². The third kappa shape index (κ3) is 2.50. The summed E-state index contributed by atoms with van der Waals surface area (Å²) in [7, 11) is 0. The first-order valence-corrected chi connectivity index (χ1v) is 6.84. The minimum Gasteiger partial charge on any atom is -0.328 e. The molecule has 0 saturated heterocycles. The largest absolute Gasteiger partial charge is 0.328 e. The van der Waals surface area contributed by atoms with Crippen molar-refractivity contribution in [3.63, 3.8) is 0 Å². The fourth-order valence-electron chi connectivity index (χ4n) is 2.57. The summed E-state index contributed by atoms with van der Waals surface area (Å²) in [4.78, 5) is 16.2. The van der Waals surface area contributed by atoms with Gasteiger partial charge in [-0.05, 0) is 37.0 Å². The van der Waals surface area contributed by atoms with Crippen LogP contribution in [0.1, 0.15) is 24.8 Å². The molecule has 0 bridgehead atoms. The summed E-state index contributed by atoms with van der Waals surface area (Å²) in [6, 6.07) is 15.4. The van der Waals surface area contributed by atoms with E-state index in [9.17, 15) is 4.79 Å². The van der Waals surface area contributed by atoms with E-state index in [4.69, 9.17) is 0 Å². The maximum atomic E-state index is 12.1. The average molecular weight is 267 g/mol. The van der Waals surface area contributed by atoms with Crippen molar-refractivity contribution in [2.24, 2.45) is 0 Å². The molecule has 1 heterocycles. The van der Waals surface area contributed by atoms with Crippen LogP contribution in [0.25, 0.3) is 0 Å². The Morgan fingerprint density at radius 1 is 1.05 bits per heavy atom. The van der Waals surface area contributed by atoms with Gasteiger partial charge in [0.15, 0.2) is 0 Å². The zero-order chi connectivity index (χ0) is 13.8. The van der Waals surface area contributed by atoms with Gasteiger partial charge in [0.1, 0.15) is 5.82 Å². The lowest BCUT2D eigenvalue weighted by Crippen LogP contribution is -2.52. The first-order valence-electron chi connectivity index (χ1n) is 6.84. The summed E-state index contributed by atoms with van der Waals surface area (Å²) in [5, 5.41) is 5.88. The van der Waals surface area contributed by atoms with Crippen molar-refractivity contribution < 1.29 is 4.79 Å². The number of pyridine rings is 1. The van der Waals surface area contributed by atoms with E-state index in [1.807, 2.05) is 30.3 Å². The number of aromatic nitrogens is 1. The molecule has 1 aliphatic rings. The summed E-state index contributed by atoms with van der Waals surface area (Å²) in [5.74, 6) is 0.563. The fourth-order valence-corrected chi connectivity index (χ4v) is 2.57. The monoisotopic (exact) mass is 267 g/mol. The van der Waals surface area contributed by atoms with Gasteiger partial charge < -0.3 is 5.32 Å². The van der Waals surface area contributed by atoms with E-state index < -0.39 is 0 Å². The molecule has 2 N–H and O–H groups in total. The number of rotatable bonds is 3. The van der Waals surface area contributed by atoms with Gasteiger partial charge >= 0.3 is 6.03 Å². The first kappa shape index (κ1) is 12.7. The Balaban J connectivity index is 1.71. The molecular formula is C16H17N3O. The Hall–Kier alpha value is -2.36. The molecule has 4 heteroatoms. The number of carbonyl (C=O) groups is 1. The predicted molar refractivity (Wildman–Crippen MR) is 78.4 cm³/mol. The third-order valence-electron chi connectivity index (χ3n) is 3.79. The van der Waals surface area contributed by atoms with Crippen LogP contribution in [-0.2, 0) is 5.54 Å². The lowest BCUT2D eigenvalue weighted by atomic mass is 9.72. The highest BCUT2D eigenvalue weighted by Gasteiger charge is 2.39. The third-order valence-corrected chi connectivity index (χ3v) is 3.79.